The molecule has 2 aromatic rings. The maximum atomic E-state index is 13.3. The molecule has 152 valence electrons. The van der Waals surface area contributed by atoms with Crippen molar-refractivity contribution in [1.82, 2.24) is 4.90 Å². The lowest BCUT2D eigenvalue weighted by Crippen LogP contribution is -2.43. The molecule has 2 aliphatic rings. The zero-order valence-electron chi connectivity index (χ0n) is 16.2. The minimum Gasteiger partial charge on any atom is -0.292 e. The van der Waals surface area contributed by atoms with Crippen LogP contribution in [0.5, 0.6) is 0 Å². The molecular weight excluding hydrogens is 386 g/mol. The highest BCUT2D eigenvalue weighted by Gasteiger charge is 2.44. The van der Waals surface area contributed by atoms with Crippen molar-refractivity contribution in [3.05, 3.63) is 91.0 Å². The van der Waals surface area contributed by atoms with E-state index < -0.39 is 9.85 Å². The van der Waals surface area contributed by atoms with E-state index in [1.807, 2.05) is 7.05 Å². The lowest BCUT2D eigenvalue weighted by molar-refractivity contribution is -0.385. The van der Waals surface area contributed by atoms with E-state index in [1.165, 1.54) is 24.3 Å². The van der Waals surface area contributed by atoms with Crippen LogP contribution >= 0.6 is 0 Å². The number of Topliss-reactive ketones (excluding diaryl/α,β-unsaturated/α-hetero) is 1. The smallest absolute Gasteiger partial charge is 0.269 e. The predicted molar refractivity (Wildman–Crippen MR) is 112 cm³/mol. The summed E-state index contributed by atoms with van der Waals surface area (Å²) in [5.74, 6) is -0.0442. The summed E-state index contributed by atoms with van der Waals surface area (Å²) in [5.41, 5.74) is 2.80. The molecule has 0 N–H and O–H groups in total. The largest absolute Gasteiger partial charge is 0.292 e. The van der Waals surface area contributed by atoms with Gasteiger partial charge in [-0.3, -0.25) is 29.9 Å². The van der Waals surface area contributed by atoms with Gasteiger partial charge in [-0.15, -0.1) is 0 Å². The first-order valence-electron chi connectivity index (χ1n) is 9.54. The Hall–Kier alpha value is -3.65. The summed E-state index contributed by atoms with van der Waals surface area (Å²) in [4.78, 5) is 36.3. The van der Waals surface area contributed by atoms with Crippen molar-refractivity contribution in [2.45, 2.75) is 24.9 Å². The summed E-state index contributed by atoms with van der Waals surface area (Å²) in [6, 6.07) is 12.3. The minimum atomic E-state index is -0.455. The molecule has 0 aromatic heterocycles. The fourth-order valence-corrected chi connectivity index (χ4v) is 4.23. The third-order valence-electron chi connectivity index (χ3n) is 5.79. The number of ketones is 1. The molecule has 2 heterocycles. The van der Waals surface area contributed by atoms with Gasteiger partial charge in [-0.05, 0) is 67.4 Å². The number of carbonyl (C=O) groups is 1. The topological polar surface area (TPSA) is 107 Å². The predicted octanol–water partition coefficient (Wildman–Crippen LogP) is 4.02. The number of nitrogens with zero attached hydrogens (tertiary/aromatic N) is 3. The van der Waals surface area contributed by atoms with Crippen LogP contribution in [0.3, 0.4) is 0 Å². The molecular formula is C22H19N3O5. The minimum absolute atomic E-state index is 0.00363. The van der Waals surface area contributed by atoms with Crippen LogP contribution in [0.1, 0.15) is 24.0 Å². The van der Waals surface area contributed by atoms with Crippen LogP contribution in [0.15, 0.2) is 59.7 Å². The van der Waals surface area contributed by atoms with E-state index in [9.17, 15) is 25.0 Å². The van der Waals surface area contributed by atoms with Crippen LogP contribution in [0.25, 0.3) is 12.2 Å². The van der Waals surface area contributed by atoms with Crippen LogP contribution in [0.4, 0.5) is 11.4 Å². The van der Waals surface area contributed by atoms with Gasteiger partial charge in [0.15, 0.2) is 5.78 Å². The van der Waals surface area contributed by atoms with Gasteiger partial charge in [0, 0.05) is 47.5 Å². The number of fused-ring (bicyclic) bond motifs is 2. The Balaban J connectivity index is 1.70. The zero-order valence-corrected chi connectivity index (χ0v) is 16.2. The van der Waals surface area contributed by atoms with Crippen LogP contribution in [0, 0.1) is 20.2 Å². The Morgan fingerprint density at radius 1 is 0.800 bits per heavy atom. The average Bonchev–Trinajstić information content (AvgIpc) is 3.04. The highest BCUT2D eigenvalue weighted by molar-refractivity contribution is 6.16. The van der Waals surface area contributed by atoms with Gasteiger partial charge >= 0.3 is 0 Å². The van der Waals surface area contributed by atoms with E-state index in [1.54, 1.807) is 36.4 Å². The van der Waals surface area contributed by atoms with Crippen LogP contribution in [0.2, 0.25) is 0 Å². The van der Waals surface area contributed by atoms with Gasteiger partial charge in [-0.2, -0.15) is 0 Å². The second-order valence-electron chi connectivity index (χ2n) is 7.50. The first-order chi connectivity index (χ1) is 14.3. The van der Waals surface area contributed by atoms with Gasteiger partial charge in [-0.25, -0.2) is 0 Å². The molecule has 0 saturated carbocycles. The van der Waals surface area contributed by atoms with Gasteiger partial charge in [-0.1, -0.05) is 0 Å². The third kappa shape index (κ3) is 3.53. The van der Waals surface area contributed by atoms with Gasteiger partial charge < -0.3 is 0 Å². The van der Waals surface area contributed by atoms with E-state index in [0.717, 1.165) is 24.0 Å². The molecule has 0 spiro atoms. The Morgan fingerprint density at radius 3 is 1.50 bits per heavy atom. The van der Waals surface area contributed by atoms with E-state index in [4.69, 9.17) is 0 Å². The number of nitro benzene ring substituents is 2. The monoisotopic (exact) mass is 405 g/mol. The lowest BCUT2D eigenvalue weighted by Gasteiger charge is -2.34. The molecule has 2 aliphatic heterocycles. The quantitative estimate of drug-likeness (QED) is 0.432. The van der Waals surface area contributed by atoms with Crippen molar-refractivity contribution in [1.29, 1.82) is 0 Å². The molecule has 30 heavy (non-hydrogen) atoms. The fourth-order valence-electron chi connectivity index (χ4n) is 4.23. The Bertz CT molecular complexity index is 1000. The SMILES string of the molecule is CN1[C@H]2CC[C@H]1/C(=C\c1ccc([N+](=O)[O-])cc1)C(=O)/C2=C/c1ccc([N+](=O)[O-])cc1. The van der Waals surface area contributed by atoms with Crippen LogP contribution < -0.4 is 0 Å². The van der Waals surface area contributed by atoms with Crippen LogP contribution in [-0.4, -0.2) is 39.7 Å². The number of hydrogen-bond donors (Lipinski definition) is 0. The maximum absolute atomic E-state index is 13.3. The summed E-state index contributed by atoms with van der Waals surface area (Å²) < 4.78 is 0. The number of piperidine rings is 1. The normalized spacial score (nSPS) is 23.8. The first kappa shape index (κ1) is 19.7. The summed E-state index contributed by atoms with van der Waals surface area (Å²) in [5, 5.41) is 21.7. The molecule has 0 unspecified atom stereocenters. The highest BCUT2D eigenvalue weighted by atomic mass is 16.6. The molecule has 0 aliphatic carbocycles. The molecule has 2 aromatic carbocycles. The lowest BCUT2D eigenvalue weighted by atomic mass is 9.88. The van der Waals surface area contributed by atoms with Crippen molar-refractivity contribution in [3.8, 4) is 0 Å². The molecule has 2 bridgehead atoms. The van der Waals surface area contributed by atoms with Crippen molar-refractivity contribution < 1.29 is 14.6 Å². The number of likely N-dealkylation sites (N-methyl/N-ethyl adjacent to an activating group) is 1. The number of non-ortho nitro benzene ring substituents is 2. The second-order valence-corrected chi connectivity index (χ2v) is 7.50. The van der Waals surface area contributed by atoms with E-state index in [0.29, 0.717) is 11.1 Å². The molecule has 2 saturated heterocycles. The second kappa shape index (κ2) is 7.64. The zero-order chi connectivity index (χ0) is 21.4. The van der Waals surface area contributed by atoms with E-state index in [2.05, 4.69) is 4.90 Å². The summed E-state index contributed by atoms with van der Waals surface area (Å²) in [6.07, 6.45) is 5.31. The average molecular weight is 405 g/mol. The Morgan fingerprint density at radius 2 is 1.17 bits per heavy atom. The molecule has 2 fully saturated rings. The van der Waals surface area contributed by atoms with Crippen molar-refractivity contribution in [2.24, 2.45) is 0 Å². The van der Waals surface area contributed by atoms with Crippen molar-refractivity contribution >= 4 is 29.3 Å². The van der Waals surface area contributed by atoms with Crippen molar-refractivity contribution in [3.63, 3.8) is 0 Å². The molecule has 4 rings (SSSR count). The number of benzene rings is 2. The van der Waals surface area contributed by atoms with E-state index in [-0.39, 0.29) is 29.2 Å². The molecule has 0 amide bonds. The number of nitro groups is 2. The van der Waals surface area contributed by atoms with Crippen molar-refractivity contribution in [2.75, 3.05) is 7.05 Å². The van der Waals surface area contributed by atoms with Gasteiger partial charge in [0.05, 0.1) is 9.85 Å². The Kier molecular flexibility index (Phi) is 5.01. The standard InChI is InChI=1S/C22H19N3O5/c1-23-20-10-11-21(23)19(13-15-4-8-17(9-5-15)25(29)30)22(26)18(20)12-14-2-6-16(7-3-14)24(27)28/h2-9,12-13,20-21H,10-11H2,1H3/b18-12+,19-13+/t20-,21-/m0/s1. The third-order valence-corrected chi connectivity index (χ3v) is 5.79. The molecule has 8 heteroatoms. The van der Waals surface area contributed by atoms with Gasteiger partial charge in [0.2, 0.25) is 0 Å². The molecule has 8 nitrogen and oxygen atoms in total. The number of rotatable bonds is 4. The van der Waals surface area contributed by atoms with Gasteiger partial charge in [0.25, 0.3) is 11.4 Å². The molecule has 0 radical (unpaired) electrons. The Labute approximate surface area is 172 Å². The van der Waals surface area contributed by atoms with Gasteiger partial charge in [0.1, 0.15) is 0 Å². The summed E-state index contributed by atoms with van der Waals surface area (Å²) in [7, 11) is 1.99. The van der Waals surface area contributed by atoms with Crippen LogP contribution in [-0.2, 0) is 4.79 Å². The van der Waals surface area contributed by atoms with E-state index >= 15 is 0 Å². The first-order valence-corrected chi connectivity index (χ1v) is 9.54. The maximum Gasteiger partial charge on any atom is 0.269 e. The number of carbonyl (C=O) groups excluding carboxylic acids is 1. The number of hydrogen-bond acceptors (Lipinski definition) is 6. The summed E-state index contributed by atoms with van der Waals surface area (Å²) >= 11 is 0. The summed E-state index contributed by atoms with van der Waals surface area (Å²) in [6.45, 7) is 0. The highest BCUT2D eigenvalue weighted by Crippen LogP contribution is 2.40. The molecule has 2 atom stereocenters. The fraction of sp³-hybridized carbons (Fsp3) is 0.227.